The van der Waals surface area contributed by atoms with Gasteiger partial charge in [0.2, 0.25) is 12.7 Å². The molecule has 240 valence electrons. The highest BCUT2D eigenvalue weighted by atomic mass is 16.7. The van der Waals surface area contributed by atoms with Crippen molar-refractivity contribution in [2.24, 2.45) is 7.05 Å². The Balaban J connectivity index is 1.45. The number of amidine groups is 1. The molecule has 0 spiro atoms. The van der Waals surface area contributed by atoms with Gasteiger partial charge in [0.05, 0.1) is 30.7 Å². The number of benzene rings is 2. The Morgan fingerprint density at radius 1 is 1.02 bits per heavy atom. The first-order valence-corrected chi connectivity index (χ1v) is 14.7. The molecule has 0 saturated carbocycles. The molecule has 14 heteroatoms. The number of rotatable bonds is 12. The van der Waals surface area contributed by atoms with E-state index < -0.39 is 30.4 Å². The Kier molecular flexibility index (Phi) is 10.7. The Morgan fingerprint density at radius 3 is 2.40 bits per heavy atom. The molecule has 14 nitrogen and oxygen atoms in total. The Morgan fingerprint density at radius 2 is 1.73 bits per heavy atom. The van der Waals surface area contributed by atoms with E-state index in [-0.39, 0.29) is 24.9 Å². The zero-order valence-electron chi connectivity index (χ0n) is 25.9. The number of amides is 2. The Labute approximate surface area is 260 Å². The lowest BCUT2D eigenvalue weighted by molar-refractivity contribution is -0.149. The van der Waals surface area contributed by atoms with Crippen LogP contribution in [0.1, 0.15) is 50.6 Å². The van der Waals surface area contributed by atoms with Crippen LogP contribution in [0.5, 0.6) is 0 Å². The molecule has 0 aliphatic carbocycles. The number of anilines is 1. The number of aryl methyl sites for hydroxylation is 1. The van der Waals surface area contributed by atoms with E-state index in [0.717, 1.165) is 29.9 Å². The zero-order chi connectivity index (χ0) is 32.6. The molecule has 45 heavy (non-hydrogen) atoms. The first kappa shape index (κ1) is 32.9. The molecule has 3 aromatic rings. The van der Waals surface area contributed by atoms with Crippen molar-refractivity contribution in [1.82, 2.24) is 25.1 Å². The number of nitrogens with one attached hydrogen (secondary N) is 4. The fraction of sp³-hybridized carbons (Fsp3) is 0.419. The molecule has 2 amide bonds. The standard InChI is InChI=1S/C31H39N7O7/c1-5-43-27(40)18-34-31(3,29(41)38-14-6-7-15-38)22-10-13-25-24(16-22)35-26(37(25)4)17-33-23-11-8-21(9-12-23)28(32)36-30(42)45-19-44-20(2)39/h8-13,16,33-34H,5-7,14-15,17-19H2,1-4H3,(H2,32,36,42). The average Bonchev–Trinajstić information content (AvgIpc) is 3.66. The lowest BCUT2D eigenvalue weighted by Crippen LogP contribution is -2.54. The van der Waals surface area contributed by atoms with E-state index in [2.05, 4.69) is 25.4 Å². The van der Waals surface area contributed by atoms with Crippen LogP contribution >= 0.6 is 0 Å². The number of carbonyl (C=O) groups is 4. The average molecular weight is 622 g/mol. The summed E-state index contributed by atoms with van der Waals surface area (Å²) in [5.41, 5.74) is 2.36. The van der Waals surface area contributed by atoms with Crippen LogP contribution in [-0.2, 0) is 47.7 Å². The lowest BCUT2D eigenvalue weighted by atomic mass is 9.89. The molecule has 1 atom stereocenters. The number of carbonyl (C=O) groups excluding carboxylic acids is 4. The number of esters is 2. The SMILES string of the molecule is CCOC(=O)CNC(C)(C(=O)N1CCCC1)c1ccc2c(c1)nc(CNc1ccc(C(=N)NC(=O)OCOC(C)=O)cc1)n2C. The molecule has 1 aromatic heterocycles. The predicted molar refractivity (Wildman–Crippen MR) is 165 cm³/mol. The van der Waals surface area contributed by atoms with Gasteiger partial charge < -0.3 is 29.0 Å². The fourth-order valence-electron chi connectivity index (χ4n) is 5.03. The van der Waals surface area contributed by atoms with Crippen molar-refractivity contribution in [3.63, 3.8) is 0 Å². The van der Waals surface area contributed by atoms with Gasteiger partial charge in [0.1, 0.15) is 17.2 Å². The second-order valence-corrected chi connectivity index (χ2v) is 10.7. The molecule has 1 aliphatic rings. The van der Waals surface area contributed by atoms with Crippen LogP contribution in [0, 0.1) is 5.41 Å². The maximum absolute atomic E-state index is 13.7. The van der Waals surface area contributed by atoms with E-state index in [9.17, 15) is 19.2 Å². The smallest absolute Gasteiger partial charge is 0.415 e. The number of hydrogen-bond donors (Lipinski definition) is 4. The number of nitrogens with zero attached hydrogens (tertiary/aromatic N) is 3. The first-order chi connectivity index (χ1) is 21.5. The zero-order valence-corrected chi connectivity index (χ0v) is 25.9. The molecule has 4 rings (SSSR count). The largest absolute Gasteiger partial charge is 0.465 e. The Bertz CT molecular complexity index is 1560. The summed E-state index contributed by atoms with van der Waals surface area (Å²) < 4.78 is 16.3. The normalized spacial score (nSPS) is 14.0. The number of imidazole rings is 1. The third kappa shape index (κ3) is 8.15. The van der Waals surface area contributed by atoms with Gasteiger partial charge in [0.25, 0.3) is 0 Å². The fourth-order valence-corrected chi connectivity index (χ4v) is 5.03. The van der Waals surface area contributed by atoms with Crippen molar-refractivity contribution in [2.45, 2.75) is 45.7 Å². The number of fused-ring (bicyclic) bond motifs is 1. The van der Waals surface area contributed by atoms with Crippen LogP contribution in [-0.4, -0.2) is 77.3 Å². The maximum atomic E-state index is 13.7. The van der Waals surface area contributed by atoms with Crippen molar-refractivity contribution < 1.29 is 33.4 Å². The van der Waals surface area contributed by atoms with Gasteiger partial charge in [-0.1, -0.05) is 6.07 Å². The highest BCUT2D eigenvalue weighted by Crippen LogP contribution is 2.29. The second-order valence-electron chi connectivity index (χ2n) is 10.7. The summed E-state index contributed by atoms with van der Waals surface area (Å²) in [6, 6.07) is 12.6. The lowest BCUT2D eigenvalue weighted by Gasteiger charge is -2.33. The van der Waals surface area contributed by atoms with Gasteiger partial charge in [-0.05, 0) is 68.7 Å². The van der Waals surface area contributed by atoms with E-state index >= 15 is 0 Å². The van der Waals surface area contributed by atoms with Gasteiger partial charge in [0.15, 0.2) is 0 Å². The molecule has 0 radical (unpaired) electrons. The summed E-state index contributed by atoms with van der Waals surface area (Å²) in [5, 5.41) is 16.8. The summed E-state index contributed by atoms with van der Waals surface area (Å²) in [6.45, 7) is 6.10. The summed E-state index contributed by atoms with van der Waals surface area (Å²) in [5.74, 6) is -0.523. The molecular formula is C31H39N7O7. The molecule has 2 aromatic carbocycles. The minimum atomic E-state index is -1.15. The molecule has 1 fully saturated rings. The van der Waals surface area contributed by atoms with Crippen LogP contribution < -0.4 is 16.0 Å². The van der Waals surface area contributed by atoms with Gasteiger partial charge in [0, 0.05) is 38.3 Å². The number of likely N-dealkylation sites (tertiary alicyclic amines) is 1. The maximum Gasteiger partial charge on any atom is 0.415 e. The molecule has 1 aliphatic heterocycles. The molecule has 1 unspecified atom stereocenters. The Hall–Kier alpha value is -4.98. The molecule has 4 N–H and O–H groups in total. The van der Waals surface area contributed by atoms with Crippen molar-refractivity contribution in [2.75, 3.05) is 38.4 Å². The van der Waals surface area contributed by atoms with Gasteiger partial charge in [-0.2, -0.15) is 0 Å². The monoisotopic (exact) mass is 621 g/mol. The predicted octanol–water partition coefficient (Wildman–Crippen LogP) is 2.75. The first-order valence-electron chi connectivity index (χ1n) is 14.7. The molecule has 0 bridgehead atoms. The van der Waals surface area contributed by atoms with Crippen molar-refractivity contribution in [3.05, 3.63) is 59.4 Å². The van der Waals surface area contributed by atoms with Crippen molar-refractivity contribution in [1.29, 1.82) is 5.41 Å². The van der Waals surface area contributed by atoms with E-state index in [1.54, 1.807) is 38.1 Å². The highest BCUT2D eigenvalue weighted by Gasteiger charge is 2.40. The van der Waals surface area contributed by atoms with Crippen LogP contribution in [0.4, 0.5) is 10.5 Å². The van der Waals surface area contributed by atoms with Crippen molar-refractivity contribution in [3.8, 4) is 0 Å². The quantitative estimate of drug-likeness (QED) is 0.102. The minimum Gasteiger partial charge on any atom is -0.465 e. The van der Waals surface area contributed by atoms with Crippen LogP contribution in [0.15, 0.2) is 42.5 Å². The van der Waals surface area contributed by atoms with E-state index in [1.165, 1.54) is 6.92 Å². The van der Waals surface area contributed by atoms with Gasteiger partial charge in [-0.3, -0.25) is 30.4 Å². The highest BCUT2D eigenvalue weighted by molar-refractivity contribution is 6.04. The summed E-state index contributed by atoms with van der Waals surface area (Å²) in [6.07, 6.45) is 0.986. The summed E-state index contributed by atoms with van der Waals surface area (Å²) in [4.78, 5) is 55.1. The van der Waals surface area contributed by atoms with Gasteiger partial charge in [-0.25, -0.2) is 9.78 Å². The number of alkyl carbamates (subject to hydrolysis) is 1. The summed E-state index contributed by atoms with van der Waals surface area (Å²) in [7, 11) is 1.91. The van der Waals surface area contributed by atoms with E-state index in [4.69, 9.17) is 15.1 Å². The molecule has 2 heterocycles. The topological polar surface area (TPSA) is 177 Å². The minimum absolute atomic E-state index is 0.0907. The van der Waals surface area contributed by atoms with Crippen LogP contribution in [0.2, 0.25) is 0 Å². The van der Waals surface area contributed by atoms with Gasteiger partial charge in [-0.15, -0.1) is 0 Å². The third-order valence-electron chi connectivity index (χ3n) is 7.57. The number of aromatic nitrogens is 2. The molecule has 1 saturated heterocycles. The summed E-state index contributed by atoms with van der Waals surface area (Å²) >= 11 is 0. The van der Waals surface area contributed by atoms with Crippen LogP contribution in [0.3, 0.4) is 0 Å². The third-order valence-corrected chi connectivity index (χ3v) is 7.57. The number of hydrogen-bond acceptors (Lipinski definition) is 11. The van der Waals surface area contributed by atoms with Crippen molar-refractivity contribution >= 4 is 46.5 Å². The number of ether oxygens (including phenoxy) is 3. The van der Waals surface area contributed by atoms with Crippen LogP contribution in [0.25, 0.3) is 11.0 Å². The van der Waals surface area contributed by atoms with Gasteiger partial charge >= 0.3 is 18.0 Å². The van der Waals surface area contributed by atoms with E-state index in [1.807, 2.05) is 34.7 Å². The molecular weight excluding hydrogens is 582 g/mol. The second kappa shape index (κ2) is 14.7. The van der Waals surface area contributed by atoms with E-state index in [0.29, 0.717) is 36.3 Å².